The van der Waals surface area contributed by atoms with Gasteiger partial charge < -0.3 is 5.32 Å². The lowest BCUT2D eigenvalue weighted by molar-refractivity contribution is -0.123. The normalized spacial score (nSPS) is 20.9. The molecule has 0 saturated heterocycles. The lowest BCUT2D eigenvalue weighted by atomic mass is 9.91. The summed E-state index contributed by atoms with van der Waals surface area (Å²) in [6, 6.07) is 0.367. The maximum Gasteiger partial charge on any atom is 0.238 e. The Labute approximate surface area is 91.4 Å². The van der Waals surface area contributed by atoms with Gasteiger partial charge in [-0.25, -0.2) is 0 Å². The number of carbonyl (C=O) groups is 1. The van der Waals surface area contributed by atoms with Gasteiger partial charge in [-0.15, -0.1) is 11.6 Å². The molecular weight excluding hydrogens is 198 g/mol. The zero-order valence-corrected chi connectivity index (χ0v) is 10.0. The highest BCUT2D eigenvalue weighted by molar-refractivity contribution is 6.31. The van der Waals surface area contributed by atoms with Crippen LogP contribution in [0.2, 0.25) is 0 Å². The predicted molar refractivity (Wildman–Crippen MR) is 59.5 cm³/mol. The monoisotopic (exact) mass is 217 g/mol. The van der Waals surface area contributed by atoms with Crippen LogP contribution in [-0.4, -0.2) is 17.3 Å². The van der Waals surface area contributed by atoms with Crippen molar-refractivity contribution >= 4 is 17.5 Å². The summed E-state index contributed by atoms with van der Waals surface area (Å²) >= 11 is 6.07. The zero-order chi connectivity index (χ0) is 10.8. The molecule has 2 nitrogen and oxygen atoms in total. The molecule has 0 aromatic heterocycles. The molecule has 0 bridgehead atoms. The van der Waals surface area contributed by atoms with Crippen molar-refractivity contribution in [2.75, 3.05) is 0 Å². The van der Waals surface area contributed by atoms with E-state index >= 15 is 0 Å². The van der Waals surface area contributed by atoms with Crippen molar-refractivity contribution in [3.05, 3.63) is 0 Å². The summed E-state index contributed by atoms with van der Waals surface area (Å²) in [6.07, 6.45) is 4.68. The van der Waals surface area contributed by atoms with Gasteiger partial charge in [-0.05, 0) is 18.3 Å². The molecule has 0 radical (unpaired) electrons. The molecule has 0 aromatic rings. The first-order valence-electron chi connectivity index (χ1n) is 5.35. The van der Waals surface area contributed by atoms with Gasteiger partial charge in [0.25, 0.3) is 0 Å². The van der Waals surface area contributed by atoms with Crippen LogP contribution >= 0.6 is 11.6 Å². The molecule has 0 aromatic carbocycles. The Bertz CT molecular complexity index is 204. The van der Waals surface area contributed by atoms with Crippen LogP contribution in [0.5, 0.6) is 0 Å². The van der Waals surface area contributed by atoms with Gasteiger partial charge in [0.15, 0.2) is 0 Å². The first-order valence-corrected chi connectivity index (χ1v) is 5.79. The number of hydrogen-bond donors (Lipinski definition) is 1. The lowest BCUT2D eigenvalue weighted by Gasteiger charge is -2.25. The molecule has 1 rings (SSSR count). The van der Waals surface area contributed by atoms with E-state index in [1.807, 2.05) is 20.8 Å². The Kier molecular flexibility index (Phi) is 3.82. The van der Waals surface area contributed by atoms with Crippen LogP contribution in [0, 0.1) is 5.41 Å². The number of nitrogens with one attached hydrogen (secondary N) is 1. The summed E-state index contributed by atoms with van der Waals surface area (Å²) < 4.78 is 0. The lowest BCUT2D eigenvalue weighted by Crippen LogP contribution is -2.43. The van der Waals surface area contributed by atoms with Crippen LogP contribution in [-0.2, 0) is 4.79 Å². The van der Waals surface area contributed by atoms with Gasteiger partial charge in [0.05, 0.1) is 0 Å². The highest BCUT2D eigenvalue weighted by atomic mass is 35.5. The Morgan fingerprint density at radius 2 is 1.86 bits per heavy atom. The number of amides is 1. The summed E-state index contributed by atoms with van der Waals surface area (Å²) in [6.45, 7) is 5.96. The maximum absolute atomic E-state index is 11.7. The fourth-order valence-corrected chi connectivity index (χ4v) is 1.80. The highest BCUT2D eigenvalue weighted by Gasteiger charge is 2.30. The molecule has 1 aliphatic rings. The molecule has 1 unspecified atom stereocenters. The van der Waals surface area contributed by atoms with Gasteiger partial charge in [0.2, 0.25) is 5.91 Å². The van der Waals surface area contributed by atoms with Crippen molar-refractivity contribution in [1.29, 1.82) is 0 Å². The molecule has 1 atom stereocenters. The topological polar surface area (TPSA) is 29.1 Å². The molecule has 1 saturated carbocycles. The van der Waals surface area contributed by atoms with E-state index in [1.54, 1.807) is 0 Å². The number of carbonyl (C=O) groups excluding carboxylic acids is 1. The summed E-state index contributed by atoms with van der Waals surface area (Å²) in [7, 11) is 0. The third-order valence-corrected chi connectivity index (χ3v) is 3.54. The van der Waals surface area contributed by atoms with E-state index in [-0.39, 0.29) is 11.3 Å². The van der Waals surface area contributed by atoms with Crippen LogP contribution in [0.3, 0.4) is 0 Å². The molecule has 0 heterocycles. The van der Waals surface area contributed by atoms with Crippen LogP contribution in [0.15, 0.2) is 0 Å². The molecule has 0 aliphatic heterocycles. The number of hydrogen-bond acceptors (Lipinski definition) is 1. The third kappa shape index (κ3) is 3.16. The average molecular weight is 218 g/mol. The van der Waals surface area contributed by atoms with Crippen LogP contribution in [0.1, 0.15) is 46.5 Å². The minimum absolute atomic E-state index is 0.00827. The molecule has 1 aliphatic carbocycles. The smallest absolute Gasteiger partial charge is 0.238 e. The molecule has 1 N–H and O–H groups in total. The van der Waals surface area contributed by atoms with Gasteiger partial charge in [-0.1, -0.05) is 33.6 Å². The second-order valence-corrected chi connectivity index (χ2v) is 5.65. The highest BCUT2D eigenvalue weighted by Crippen LogP contribution is 2.25. The second kappa shape index (κ2) is 4.52. The summed E-state index contributed by atoms with van der Waals surface area (Å²) in [5.74, 6) is -0.00827. The number of halogens is 1. The largest absolute Gasteiger partial charge is 0.352 e. The number of alkyl halides is 1. The SMILES string of the molecule is CC(C)(C)C(Cl)C(=O)NC1CCCC1. The van der Waals surface area contributed by atoms with E-state index in [1.165, 1.54) is 12.8 Å². The second-order valence-electron chi connectivity index (χ2n) is 5.22. The van der Waals surface area contributed by atoms with Gasteiger partial charge >= 0.3 is 0 Å². The summed E-state index contributed by atoms with van der Waals surface area (Å²) in [5, 5.41) is 2.59. The van der Waals surface area contributed by atoms with Gasteiger partial charge in [-0.3, -0.25) is 4.79 Å². The Morgan fingerprint density at radius 3 is 2.29 bits per heavy atom. The van der Waals surface area contributed by atoms with Crippen LogP contribution in [0.25, 0.3) is 0 Å². The van der Waals surface area contributed by atoms with Crippen molar-refractivity contribution in [1.82, 2.24) is 5.32 Å². The zero-order valence-electron chi connectivity index (χ0n) is 9.27. The van der Waals surface area contributed by atoms with Gasteiger partial charge in [0.1, 0.15) is 5.38 Å². The Hall–Kier alpha value is -0.240. The molecule has 1 fully saturated rings. The van der Waals surface area contributed by atoms with E-state index in [2.05, 4.69) is 5.32 Å². The predicted octanol–water partition coefficient (Wildman–Crippen LogP) is 2.70. The molecule has 82 valence electrons. The summed E-state index contributed by atoms with van der Waals surface area (Å²) in [5.41, 5.74) is -0.162. The van der Waals surface area contributed by atoms with E-state index in [9.17, 15) is 4.79 Å². The maximum atomic E-state index is 11.7. The van der Waals surface area contributed by atoms with E-state index < -0.39 is 5.38 Å². The Balaban J connectivity index is 2.41. The van der Waals surface area contributed by atoms with Crippen molar-refractivity contribution in [3.8, 4) is 0 Å². The molecule has 14 heavy (non-hydrogen) atoms. The van der Waals surface area contributed by atoms with Gasteiger partial charge in [-0.2, -0.15) is 0 Å². The number of rotatable bonds is 2. The van der Waals surface area contributed by atoms with Crippen molar-refractivity contribution in [2.45, 2.75) is 57.9 Å². The first kappa shape index (κ1) is 11.8. The average Bonchev–Trinajstić information content (AvgIpc) is 2.53. The van der Waals surface area contributed by atoms with Gasteiger partial charge in [0, 0.05) is 6.04 Å². The summed E-state index contributed by atoms with van der Waals surface area (Å²) in [4.78, 5) is 11.7. The fourth-order valence-electron chi connectivity index (χ4n) is 1.74. The minimum Gasteiger partial charge on any atom is -0.352 e. The molecule has 0 spiro atoms. The quantitative estimate of drug-likeness (QED) is 0.709. The van der Waals surface area contributed by atoms with Crippen molar-refractivity contribution in [2.24, 2.45) is 5.41 Å². The van der Waals surface area contributed by atoms with E-state index in [0.717, 1.165) is 12.8 Å². The molecule has 3 heteroatoms. The van der Waals surface area contributed by atoms with Crippen molar-refractivity contribution in [3.63, 3.8) is 0 Å². The van der Waals surface area contributed by atoms with E-state index in [4.69, 9.17) is 11.6 Å². The minimum atomic E-state index is -0.428. The van der Waals surface area contributed by atoms with Crippen LogP contribution in [0.4, 0.5) is 0 Å². The molecule has 1 amide bonds. The molecular formula is C11H20ClNO. The van der Waals surface area contributed by atoms with Crippen molar-refractivity contribution < 1.29 is 4.79 Å². The Morgan fingerprint density at radius 1 is 1.36 bits per heavy atom. The van der Waals surface area contributed by atoms with E-state index in [0.29, 0.717) is 6.04 Å². The van der Waals surface area contributed by atoms with Crippen LogP contribution < -0.4 is 5.32 Å². The first-order chi connectivity index (χ1) is 6.41. The standard InChI is InChI=1S/C11H20ClNO/c1-11(2,3)9(12)10(14)13-8-6-4-5-7-8/h8-9H,4-7H2,1-3H3,(H,13,14). The fraction of sp³-hybridized carbons (Fsp3) is 0.909. The third-order valence-electron chi connectivity index (χ3n) is 2.69.